The summed E-state index contributed by atoms with van der Waals surface area (Å²) in [6.07, 6.45) is 3.03. The Balaban J connectivity index is 2.27. The summed E-state index contributed by atoms with van der Waals surface area (Å²) in [5, 5.41) is 8.51. The molecular weight excluding hydrogens is 222 g/mol. The van der Waals surface area contributed by atoms with Crippen LogP contribution in [0.3, 0.4) is 0 Å². The zero-order chi connectivity index (χ0) is 12.7. The highest BCUT2D eigenvalue weighted by atomic mass is 16.5. The Kier molecular flexibility index (Phi) is 5.97. The van der Waals surface area contributed by atoms with Crippen LogP contribution in [0.25, 0.3) is 0 Å². The molecule has 1 aliphatic heterocycles. The summed E-state index contributed by atoms with van der Waals surface area (Å²) in [5.41, 5.74) is 0. The molecule has 0 spiro atoms. The number of carbonyl (C=O) groups is 2. The van der Waals surface area contributed by atoms with Crippen LogP contribution >= 0.6 is 0 Å². The van der Waals surface area contributed by atoms with Crippen molar-refractivity contribution in [3.05, 3.63) is 0 Å². The highest BCUT2D eigenvalue weighted by Gasteiger charge is 2.21. The van der Waals surface area contributed by atoms with Gasteiger partial charge in [0.1, 0.15) is 0 Å². The Morgan fingerprint density at radius 1 is 1.41 bits per heavy atom. The van der Waals surface area contributed by atoms with Crippen molar-refractivity contribution in [3.8, 4) is 0 Å². The summed E-state index contributed by atoms with van der Waals surface area (Å²) in [6, 6.07) is 0. The standard InChI is InChI=1S/C12H21NO4/c1-2-13(9-10-5-4-8-17-10)11(14)6-3-7-12(15)16/h10H,2-9H2,1H3,(H,15,16). The smallest absolute Gasteiger partial charge is 0.303 e. The van der Waals surface area contributed by atoms with E-state index in [4.69, 9.17) is 9.84 Å². The van der Waals surface area contributed by atoms with Crippen molar-refractivity contribution >= 4 is 11.9 Å². The molecule has 0 saturated carbocycles. The fourth-order valence-electron chi connectivity index (χ4n) is 1.99. The summed E-state index contributed by atoms with van der Waals surface area (Å²) in [5.74, 6) is -0.816. The average molecular weight is 243 g/mol. The molecule has 1 N–H and O–H groups in total. The van der Waals surface area contributed by atoms with Crippen LogP contribution in [-0.4, -0.2) is 47.7 Å². The number of ether oxygens (including phenoxy) is 1. The molecule has 0 aromatic rings. The summed E-state index contributed by atoms with van der Waals surface area (Å²) in [6.45, 7) is 4.02. The van der Waals surface area contributed by atoms with Crippen molar-refractivity contribution in [1.29, 1.82) is 0 Å². The van der Waals surface area contributed by atoms with Gasteiger partial charge >= 0.3 is 5.97 Å². The number of carbonyl (C=O) groups excluding carboxylic acids is 1. The second kappa shape index (κ2) is 7.27. The van der Waals surface area contributed by atoms with Gasteiger partial charge in [-0.1, -0.05) is 0 Å². The first-order valence-electron chi connectivity index (χ1n) is 6.24. The maximum Gasteiger partial charge on any atom is 0.303 e. The number of hydrogen-bond donors (Lipinski definition) is 1. The number of aliphatic carboxylic acids is 1. The number of likely N-dealkylation sites (N-methyl/N-ethyl adjacent to an activating group) is 1. The van der Waals surface area contributed by atoms with E-state index in [0.717, 1.165) is 19.4 Å². The minimum Gasteiger partial charge on any atom is -0.481 e. The molecule has 1 saturated heterocycles. The molecule has 98 valence electrons. The highest BCUT2D eigenvalue weighted by Crippen LogP contribution is 2.14. The average Bonchev–Trinajstić information content (AvgIpc) is 2.77. The van der Waals surface area contributed by atoms with Gasteiger partial charge < -0.3 is 14.7 Å². The van der Waals surface area contributed by atoms with Gasteiger partial charge in [-0.3, -0.25) is 9.59 Å². The third-order valence-corrected chi connectivity index (χ3v) is 2.96. The summed E-state index contributed by atoms with van der Waals surface area (Å²) < 4.78 is 5.49. The first-order valence-corrected chi connectivity index (χ1v) is 6.24. The molecule has 1 fully saturated rings. The van der Waals surface area contributed by atoms with Gasteiger partial charge in [0.15, 0.2) is 0 Å². The fourth-order valence-corrected chi connectivity index (χ4v) is 1.99. The van der Waals surface area contributed by atoms with Gasteiger partial charge in [0.2, 0.25) is 5.91 Å². The van der Waals surface area contributed by atoms with E-state index >= 15 is 0 Å². The zero-order valence-electron chi connectivity index (χ0n) is 10.4. The number of rotatable bonds is 7. The maximum absolute atomic E-state index is 11.8. The zero-order valence-corrected chi connectivity index (χ0v) is 10.4. The van der Waals surface area contributed by atoms with E-state index in [2.05, 4.69) is 0 Å². The second-order valence-electron chi connectivity index (χ2n) is 4.31. The van der Waals surface area contributed by atoms with E-state index in [-0.39, 0.29) is 18.4 Å². The van der Waals surface area contributed by atoms with Gasteiger partial charge in [-0.15, -0.1) is 0 Å². The lowest BCUT2D eigenvalue weighted by molar-refractivity contribution is -0.137. The molecule has 1 rings (SSSR count). The molecule has 0 radical (unpaired) electrons. The molecule has 0 aromatic heterocycles. The van der Waals surface area contributed by atoms with E-state index in [1.54, 1.807) is 4.90 Å². The molecule has 0 aromatic carbocycles. The molecule has 1 heterocycles. The van der Waals surface area contributed by atoms with Crippen molar-refractivity contribution in [1.82, 2.24) is 4.90 Å². The Bertz CT molecular complexity index is 261. The van der Waals surface area contributed by atoms with Crippen molar-refractivity contribution < 1.29 is 19.4 Å². The van der Waals surface area contributed by atoms with Gasteiger partial charge in [0.25, 0.3) is 0 Å². The number of carboxylic acids is 1. The number of hydrogen-bond acceptors (Lipinski definition) is 3. The molecule has 1 unspecified atom stereocenters. The van der Waals surface area contributed by atoms with E-state index in [1.165, 1.54) is 0 Å². The first kappa shape index (κ1) is 14.0. The highest BCUT2D eigenvalue weighted by molar-refractivity contribution is 5.77. The summed E-state index contributed by atoms with van der Waals surface area (Å²) in [4.78, 5) is 23.9. The SMILES string of the molecule is CCN(CC1CCCO1)C(=O)CCCC(=O)O. The molecule has 1 aliphatic rings. The van der Waals surface area contributed by atoms with Crippen LogP contribution < -0.4 is 0 Å². The topological polar surface area (TPSA) is 66.8 Å². The number of nitrogens with zero attached hydrogens (tertiary/aromatic N) is 1. The van der Waals surface area contributed by atoms with Gasteiger partial charge in [0.05, 0.1) is 6.10 Å². The normalized spacial score (nSPS) is 19.2. The van der Waals surface area contributed by atoms with Crippen molar-refractivity contribution in [2.45, 2.75) is 45.1 Å². The Morgan fingerprint density at radius 2 is 2.18 bits per heavy atom. The number of carboxylic acid groups (broad SMARTS) is 1. The summed E-state index contributed by atoms with van der Waals surface area (Å²) in [7, 11) is 0. The van der Waals surface area contributed by atoms with E-state index in [0.29, 0.717) is 25.9 Å². The third-order valence-electron chi connectivity index (χ3n) is 2.96. The van der Waals surface area contributed by atoms with Crippen LogP contribution in [-0.2, 0) is 14.3 Å². The Hall–Kier alpha value is -1.10. The predicted molar refractivity (Wildman–Crippen MR) is 62.7 cm³/mol. The van der Waals surface area contributed by atoms with Gasteiger partial charge in [-0.2, -0.15) is 0 Å². The molecule has 0 aliphatic carbocycles. The quantitative estimate of drug-likeness (QED) is 0.731. The van der Waals surface area contributed by atoms with Crippen LogP contribution in [0.15, 0.2) is 0 Å². The summed E-state index contributed by atoms with van der Waals surface area (Å²) >= 11 is 0. The van der Waals surface area contributed by atoms with Crippen LogP contribution in [0.4, 0.5) is 0 Å². The van der Waals surface area contributed by atoms with Gasteiger partial charge in [-0.05, 0) is 26.2 Å². The van der Waals surface area contributed by atoms with Crippen LogP contribution in [0.1, 0.15) is 39.0 Å². The third kappa shape index (κ3) is 5.17. The van der Waals surface area contributed by atoms with E-state index in [1.807, 2.05) is 6.92 Å². The molecule has 17 heavy (non-hydrogen) atoms. The van der Waals surface area contributed by atoms with Crippen molar-refractivity contribution in [2.75, 3.05) is 19.7 Å². The predicted octanol–water partition coefficient (Wildman–Crippen LogP) is 1.27. The van der Waals surface area contributed by atoms with Crippen LogP contribution in [0.5, 0.6) is 0 Å². The van der Waals surface area contributed by atoms with Crippen molar-refractivity contribution in [2.24, 2.45) is 0 Å². The van der Waals surface area contributed by atoms with E-state index < -0.39 is 5.97 Å². The monoisotopic (exact) mass is 243 g/mol. The maximum atomic E-state index is 11.8. The fraction of sp³-hybridized carbons (Fsp3) is 0.833. The number of amides is 1. The lowest BCUT2D eigenvalue weighted by Gasteiger charge is -2.23. The minimum absolute atomic E-state index is 0.0317. The Labute approximate surface area is 102 Å². The van der Waals surface area contributed by atoms with Crippen LogP contribution in [0.2, 0.25) is 0 Å². The van der Waals surface area contributed by atoms with Crippen molar-refractivity contribution in [3.63, 3.8) is 0 Å². The lowest BCUT2D eigenvalue weighted by atomic mass is 10.2. The molecule has 1 amide bonds. The Morgan fingerprint density at radius 3 is 2.71 bits per heavy atom. The first-order chi connectivity index (χ1) is 8.13. The van der Waals surface area contributed by atoms with Crippen LogP contribution in [0, 0.1) is 0 Å². The largest absolute Gasteiger partial charge is 0.481 e. The minimum atomic E-state index is -0.847. The van der Waals surface area contributed by atoms with E-state index in [9.17, 15) is 9.59 Å². The second-order valence-corrected chi connectivity index (χ2v) is 4.31. The molecule has 5 nitrogen and oxygen atoms in total. The molecule has 5 heteroatoms. The van der Waals surface area contributed by atoms with Gasteiger partial charge in [0, 0.05) is 32.5 Å². The molecular formula is C12H21NO4. The molecule has 1 atom stereocenters. The molecule has 0 bridgehead atoms. The lowest BCUT2D eigenvalue weighted by Crippen LogP contribution is -2.37. The van der Waals surface area contributed by atoms with Gasteiger partial charge in [-0.25, -0.2) is 0 Å².